The van der Waals surface area contributed by atoms with Crippen molar-refractivity contribution < 1.29 is 0 Å². The Morgan fingerprint density at radius 3 is 2.27 bits per heavy atom. The van der Waals surface area contributed by atoms with Gasteiger partial charge >= 0.3 is 35.2 Å². The Morgan fingerprint density at radius 2 is 1.82 bits per heavy atom. The molecule has 0 saturated heterocycles. The van der Waals surface area contributed by atoms with E-state index >= 15 is 0 Å². The van der Waals surface area contributed by atoms with Crippen molar-refractivity contribution in [1.29, 1.82) is 0 Å². The molecule has 1 rings (SSSR count). The van der Waals surface area contributed by atoms with Crippen molar-refractivity contribution in [1.82, 2.24) is 9.97 Å². The number of H-pyrrole nitrogens is 2. The molecule has 0 bridgehead atoms. The number of aryl methyl sites for hydroxylation is 1. The molecule has 1 aromatic rings. The van der Waals surface area contributed by atoms with Gasteiger partial charge in [-0.1, -0.05) is 0 Å². The molecule has 0 radical (unpaired) electrons. The Bertz CT molecular complexity index is 353. The van der Waals surface area contributed by atoms with Crippen molar-refractivity contribution in [3.8, 4) is 0 Å². The summed E-state index contributed by atoms with van der Waals surface area (Å²) in [7, 11) is 0. The second-order valence-corrected chi connectivity index (χ2v) is 1.95. The van der Waals surface area contributed by atoms with Crippen LogP contribution in [0.1, 0.15) is 5.69 Å². The first kappa shape index (κ1) is 10.5. The van der Waals surface area contributed by atoms with Crippen molar-refractivity contribution in [2.24, 2.45) is 0 Å². The number of aromatic amines is 2. The molecule has 0 spiro atoms. The molecule has 0 aromatic carbocycles. The second-order valence-electron chi connectivity index (χ2n) is 1.95. The third-order valence-corrected chi connectivity index (χ3v) is 1.18. The van der Waals surface area contributed by atoms with Gasteiger partial charge in [0, 0.05) is 5.69 Å². The summed E-state index contributed by atoms with van der Waals surface area (Å²) in [5, 5.41) is 0. The fourth-order valence-electron chi connectivity index (χ4n) is 0.610. The number of hydrogen-bond acceptors (Lipinski definition) is 3. The second kappa shape index (κ2) is 3.75. The van der Waals surface area contributed by atoms with Crippen LogP contribution in [0.3, 0.4) is 0 Å². The average Bonchev–Trinajstić information content (AvgIpc) is 1.82. The van der Waals surface area contributed by atoms with Gasteiger partial charge in [-0.15, -0.1) is 0 Å². The van der Waals surface area contributed by atoms with Crippen LogP contribution in [0.2, 0.25) is 0 Å². The molecule has 56 valence electrons. The molecule has 0 aliphatic rings. The Hall–Kier alpha value is -0.520. The van der Waals surface area contributed by atoms with E-state index in [0.717, 1.165) is 0 Å². The van der Waals surface area contributed by atoms with Crippen LogP contribution in [0, 0.1) is 6.92 Å². The molecule has 0 amide bonds. The van der Waals surface area contributed by atoms with E-state index in [9.17, 15) is 9.59 Å². The van der Waals surface area contributed by atoms with Crippen LogP contribution in [0.25, 0.3) is 0 Å². The zero-order chi connectivity index (χ0) is 7.72. The molecule has 0 fully saturated rings. The molecule has 4 N–H and O–H groups in total. The Balaban J connectivity index is 0.000001000. The van der Waals surface area contributed by atoms with Gasteiger partial charge in [0.15, 0.2) is 0 Å². The molecule has 0 unspecified atom stereocenters. The molecule has 0 saturated carbocycles. The summed E-state index contributed by atoms with van der Waals surface area (Å²) in [4.78, 5) is 25.5. The van der Waals surface area contributed by atoms with Crippen molar-refractivity contribution >= 4 is 35.2 Å². The van der Waals surface area contributed by atoms with Crippen molar-refractivity contribution in [3.05, 3.63) is 26.5 Å². The van der Waals surface area contributed by atoms with Gasteiger partial charge < -0.3 is 10.7 Å². The van der Waals surface area contributed by atoms with Gasteiger partial charge in [0.1, 0.15) is 5.69 Å². The van der Waals surface area contributed by atoms with Crippen LogP contribution in [0.4, 0.5) is 5.69 Å². The zero-order valence-electron chi connectivity index (χ0n) is 5.39. The summed E-state index contributed by atoms with van der Waals surface area (Å²) >= 11 is 0. The Morgan fingerprint density at radius 1 is 1.27 bits per heavy atom. The molecule has 0 aliphatic heterocycles. The van der Waals surface area contributed by atoms with Crippen LogP contribution in [0.15, 0.2) is 9.59 Å². The van der Waals surface area contributed by atoms with E-state index < -0.39 is 11.2 Å². The molecule has 1 aromatic heterocycles. The number of nitrogen functional groups attached to an aromatic ring is 1. The average molecular weight is 165 g/mol. The van der Waals surface area contributed by atoms with Crippen LogP contribution < -0.4 is 17.0 Å². The van der Waals surface area contributed by atoms with E-state index in [1.807, 2.05) is 4.98 Å². The van der Waals surface area contributed by atoms with E-state index in [4.69, 9.17) is 5.73 Å². The number of nitrogens with two attached hydrogens (primary N) is 1. The van der Waals surface area contributed by atoms with E-state index in [2.05, 4.69) is 4.98 Å². The molecule has 6 heteroatoms. The number of anilines is 1. The van der Waals surface area contributed by atoms with Crippen LogP contribution >= 0.6 is 0 Å². The molecular formula is C5H8N3NaO2. The number of rotatable bonds is 0. The van der Waals surface area contributed by atoms with Gasteiger partial charge in [-0.25, -0.2) is 4.79 Å². The first-order valence-corrected chi connectivity index (χ1v) is 2.70. The van der Waals surface area contributed by atoms with Gasteiger partial charge in [-0.3, -0.25) is 9.78 Å². The molecule has 0 aliphatic carbocycles. The number of nitrogens with one attached hydrogen (secondary N) is 2. The minimum absolute atomic E-state index is 0. The summed E-state index contributed by atoms with van der Waals surface area (Å²) in [6.07, 6.45) is 0. The van der Waals surface area contributed by atoms with Gasteiger partial charge in [-0.05, 0) is 6.92 Å². The zero-order valence-corrected chi connectivity index (χ0v) is 5.39. The fraction of sp³-hybridized carbons (Fsp3) is 0.200. The van der Waals surface area contributed by atoms with Gasteiger partial charge in [0.2, 0.25) is 0 Å². The van der Waals surface area contributed by atoms with Crippen LogP contribution in [-0.2, 0) is 0 Å². The maximum absolute atomic E-state index is 10.7. The van der Waals surface area contributed by atoms with E-state index in [1.165, 1.54) is 0 Å². The molecule has 1 heterocycles. The number of aromatic nitrogens is 2. The van der Waals surface area contributed by atoms with Crippen molar-refractivity contribution in [2.75, 3.05) is 5.73 Å². The standard InChI is InChI=1S/C5H7N3O2.Na.H/c1-2-3(6)4(9)8-5(10)7-2;;/h6H2,1H3,(H2,7,8,9,10);;. The summed E-state index contributed by atoms with van der Waals surface area (Å²) < 4.78 is 0. The van der Waals surface area contributed by atoms with Crippen LogP contribution in [-0.4, -0.2) is 39.5 Å². The minimum atomic E-state index is -0.541. The quantitative estimate of drug-likeness (QED) is 0.400. The predicted molar refractivity (Wildman–Crippen MR) is 44.0 cm³/mol. The SMILES string of the molecule is Cc1[nH]c(=O)[nH]c(=O)c1N.[NaH]. The number of hydrogen-bond donors (Lipinski definition) is 3. The van der Waals surface area contributed by atoms with E-state index in [0.29, 0.717) is 5.69 Å². The van der Waals surface area contributed by atoms with E-state index in [-0.39, 0.29) is 35.2 Å². The third-order valence-electron chi connectivity index (χ3n) is 1.18. The molecule has 5 nitrogen and oxygen atoms in total. The van der Waals surface area contributed by atoms with Crippen LogP contribution in [0.5, 0.6) is 0 Å². The molecule has 11 heavy (non-hydrogen) atoms. The molecular weight excluding hydrogens is 157 g/mol. The third kappa shape index (κ3) is 2.21. The monoisotopic (exact) mass is 165 g/mol. The topological polar surface area (TPSA) is 91.7 Å². The Kier molecular flexibility index (Phi) is 3.57. The molecule has 0 atom stereocenters. The summed E-state index contributed by atoms with van der Waals surface area (Å²) in [5.41, 5.74) is 4.62. The van der Waals surface area contributed by atoms with E-state index in [1.54, 1.807) is 6.92 Å². The first-order valence-electron chi connectivity index (χ1n) is 2.70. The fourth-order valence-corrected chi connectivity index (χ4v) is 0.610. The normalized spacial score (nSPS) is 8.82. The van der Waals surface area contributed by atoms with Gasteiger partial charge in [0.25, 0.3) is 5.56 Å². The Labute approximate surface area is 84.3 Å². The first-order chi connectivity index (χ1) is 4.61. The van der Waals surface area contributed by atoms with Crippen molar-refractivity contribution in [3.63, 3.8) is 0 Å². The predicted octanol–water partition coefficient (Wildman–Crippen LogP) is -1.69. The summed E-state index contributed by atoms with van der Waals surface area (Å²) in [6, 6.07) is 0. The summed E-state index contributed by atoms with van der Waals surface area (Å²) in [6.45, 7) is 1.56. The van der Waals surface area contributed by atoms with Gasteiger partial charge in [0.05, 0.1) is 0 Å². The van der Waals surface area contributed by atoms with Gasteiger partial charge in [-0.2, -0.15) is 0 Å². The summed E-state index contributed by atoms with van der Waals surface area (Å²) in [5.74, 6) is 0. The maximum atomic E-state index is 10.7. The van der Waals surface area contributed by atoms with Crippen molar-refractivity contribution in [2.45, 2.75) is 6.92 Å².